The van der Waals surface area contributed by atoms with Gasteiger partial charge >= 0.3 is 0 Å². The number of carbonyl (C=O) groups excluding carboxylic acids is 1. The number of ether oxygens (including phenoxy) is 1. The number of rotatable bonds is 4. The van der Waals surface area contributed by atoms with Gasteiger partial charge in [-0.15, -0.1) is 0 Å². The zero-order valence-corrected chi connectivity index (χ0v) is 10.7. The summed E-state index contributed by atoms with van der Waals surface area (Å²) in [7, 11) is 1.66. The Kier molecular flexibility index (Phi) is 4.20. The lowest BCUT2D eigenvalue weighted by Crippen LogP contribution is -2.48. The maximum atomic E-state index is 11.4. The van der Waals surface area contributed by atoms with Crippen LogP contribution in [0.5, 0.6) is 5.75 Å². The summed E-state index contributed by atoms with van der Waals surface area (Å²) < 4.78 is 5.21. The molecule has 0 bridgehead atoms. The summed E-state index contributed by atoms with van der Waals surface area (Å²) in [6.07, 6.45) is 2.71. The van der Waals surface area contributed by atoms with Crippen molar-refractivity contribution in [3.8, 4) is 5.75 Å². The summed E-state index contributed by atoms with van der Waals surface area (Å²) in [5.41, 5.74) is 6.63. The number of nitrogens with two attached hydrogens (primary N) is 1. The second kappa shape index (κ2) is 5.87. The summed E-state index contributed by atoms with van der Waals surface area (Å²) in [5, 5.41) is 3.39. The highest BCUT2D eigenvalue weighted by Gasteiger charge is 2.28. The van der Waals surface area contributed by atoms with E-state index >= 15 is 0 Å². The normalized spacial score (nSPS) is 23.6. The van der Waals surface area contributed by atoms with Crippen molar-refractivity contribution in [2.45, 2.75) is 25.3 Å². The maximum absolute atomic E-state index is 11.4. The van der Waals surface area contributed by atoms with E-state index in [9.17, 15) is 4.79 Å². The molecule has 2 atom stereocenters. The minimum atomic E-state index is -0.199. The third-order valence-electron chi connectivity index (χ3n) is 3.54. The van der Waals surface area contributed by atoms with Gasteiger partial charge in [0.05, 0.1) is 13.0 Å². The van der Waals surface area contributed by atoms with E-state index in [0.29, 0.717) is 0 Å². The predicted molar refractivity (Wildman–Crippen MR) is 70.4 cm³/mol. The monoisotopic (exact) mass is 248 g/mol. The Hall–Kier alpha value is -1.55. The van der Waals surface area contributed by atoms with Crippen molar-refractivity contribution in [3.05, 3.63) is 29.8 Å². The quantitative estimate of drug-likeness (QED) is 0.838. The van der Waals surface area contributed by atoms with Crippen molar-refractivity contribution < 1.29 is 9.53 Å². The minimum Gasteiger partial charge on any atom is -0.497 e. The summed E-state index contributed by atoms with van der Waals surface area (Å²) in [6, 6.07) is 8.09. The first-order valence-corrected chi connectivity index (χ1v) is 6.36. The fraction of sp³-hybridized carbons (Fsp3) is 0.500. The maximum Gasteiger partial charge on any atom is 0.222 e. The van der Waals surface area contributed by atoms with Gasteiger partial charge in [-0.2, -0.15) is 0 Å². The highest BCUT2D eigenvalue weighted by molar-refractivity contribution is 5.77. The van der Waals surface area contributed by atoms with Gasteiger partial charge in [0.2, 0.25) is 5.91 Å². The number of benzene rings is 1. The van der Waals surface area contributed by atoms with Gasteiger partial charge < -0.3 is 15.8 Å². The van der Waals surface area contributed by atoms with Gasteiger partial charge in [0.15, 0.2) is 0 Å². The molecule has 2 unspecified atom stereocenters. The van der Waals surface area contributed by atoms with Gasteiger partial charge in [0.1, 0.15) is 5.75 Å². The van der Waals surface area contributed by atoms with E-state index in [2.05, 4.69) is 11.4 Å². The van der Waals surface area contributed by atoms with Crippen molar-refractivity contribution in [2.24, 2.45) is 11.7 Å². The Morgan fingerprint density at radius 2 is 2.39 bits per heavy atom. The first-order chi connectivity index (χ1) is 8.70. The standard InChI is InChI=1S/C14H20N2O2/c1-18-11-5-2-4-10(8-11)9-13-12(14(15)17)6-3-7-16-13/h2,4-5,8,12-13,16H,3,6-7,9H2,1H3,(H2,15,17). The highest BCUT2D eigenvalue weighted by atomic mass is 16.5. The molecule has 4 nitrogen and oxygen atoms in total. The number of nitrogens with one attached hydrogen (secondary N) is 1. The van der Waals surface area contributed by atoms with E-state index < -0.39 is 0 Å². The average molecular weight is 248 g/mol. The van der Waals surface area contributed by atoms with E-state index in [4.69, 9.17) is 10.5 Å². The van der Waals surface area contributed by atoms with E-state index in [1.165, 1.54) is 5.56 Å². The third-order valence-corrected chi connectivity index (χ3v) is 3.54. The molecule has 3 N–H and O–H groups in total. The smallest absolute Gasteiger partial charge is 0.222 e. The molecule has 0 aliphatic carbocycles. The van der Waals surface area contributed by atoms with Crippen molar-refractivity contribution in [3.63, 3.8) is 0 Å². The summed E-state index contributed by atoms with van der Waals surface area (Å²) >= 11 is 0. The number of methoxy groups -OCH3 is 1. The number of hydrogen-bond acceptors (Lipinski definition) is 3. The van der Waals surface area contributed by atoms with Crippen LogP contribution < -0.4 is 15.8 Å². The zero-order chi connectivity index (χ0) is 13.0. The van der Waals surface area contributed by atoms with Crippen LogP contribution in [0.25, 0.3) is 0 Å². The molecule has 0 radical (unpaired) electrons. The van der Waals surface area contributed by atoms with Crippen molar-refractivity contribution in [2.75, 3.05) is 13.7 Å². The lowest BCUT2D eigenvalue weighted by Gasteiger charge is -2.30. The number of piperidine rings is 1. The van der Waals surface area contributed by atoms with Gasteiger partial charge in [-0.3, -0.25) is 4.79 Å². The van der Waals surface area contributed by atoms with Gasteiger partial charge in [0.25, 0.3) is 0 Å². The molecule has 1 saturated heterocycles. The van der Waals surface area contributed by atoms with Gasteiger partial charge in [-0.1, -0.05) is 12.1 Å². The second-order valence-electron chi connectivity index (χ2n) is 4.77. The van der Waals surface area contributed by atoms with Crippen molar-refractivity contribution in [1.29, 1.82) is 0 Å². The van der Waals surface area contributed by atoms with Crippen LogP contribution >= 0.6 is 0 Å². The number of hydrogen-bond donors (Lipinski definition) is 2. The molecule has 0 saturated carbocycles. The topological polar surface area (TPSA) is 64.3 Å². The van der Waals surface area contributed by atoms with Crippen molar-refractivity contribution >= 4 is 5.91 Å². The molecule has 18 heavy (non-hydrogen) atoms. The molecule has 4 heteroatoms. The van der Waals surface area contributed by atoms with Crippen LogP contribution in [0.2, 0.25) is 0 Å². The Balaban J connectivity index is 2.08. The highest BCUT2D eigenvalue weighted by Crippen LogP contribution is 2.21. The molecule has 98 valence electrons. The molecule has 1 amide bonds. The average Bonchev–Trinajstić information content (AvgIpc) is 2.39. The van der Waals surface area contributed by atoms with Gasteiger partial charge in [-0.05, 0) is 43.5 Å². The van der Waals surface area contributed by atoms with Crippen LogP contribution in [0.1, 0.15) is 18.4 Å². The summed E-state index contributed by atoms with van der Waals surface area (Å²) in [6.45, 7) is 0.957. The summed E-state index contributed by atoms with van der Waals surface area (Å²) in [5.74, 6) is 0.582. The first-order valence-electron chi connectivity index (χ1n) is 6.36. The Labute approximate surface area is 108 Å². The van der Waals surface area contributed by atoms with Crippen LogP contribution in [0.15, 0.2) is 24.3 Å². The van der Waals surface area contributed by atoms with E-state index in [1.807, 2.05) is 18.2 Å². The molecular weight excluding hydrogens is 228 g/mol. The van der Waals surface area contributed by atoms with Gasteiger partial charge in [0, 0.05) is 6.04 Å². The summed E-state index contributed by atoms with van der Waals surface area (Å²) in [4.78, 5) is 11.4. The molecule has 1 aromatic carbocycles. The van der Waals surface area contributed by atoms with Crippen LogP contribution in [-0.4, -0.2) is 25.6 Å². The Bertz CT molecular complexity index is 420. The van der Waals surface area contributed by atoms with E-state index in [1.54, 1.807) is 7.11 Å². The zero-order valence-electron chi connectivity index (χ0n) is 10.7. The molecule has 0 spiro atoms. The minimum absolute atomic E-state index is 0.0649. The fourth-order valence-corrected chi connectivity index (χ4v) is 2.56. The van der Waals surface area contributed by atoms with E-state index in [-0.39, 0.29) is 17.9 Å². The Morgan fingerprint density at radius 1 is 1.56 bits per heavy atom. The largest absolute Gasteiger partial charge is 0.497 e. The Morgan fingerprint density at radius 3 is 3.11 bits per heavy atom. The molecule has 1 aliphatic rings. The van der Waals surface area contributed by atoms with Crippen LogP contribution in [0.4, 0.5) is 0 Å². The SMILES string of the molecule is COc1cccc(CC2NCCCC2C(N)=O)c1. The molecule has 1 aromatic rings. The molecule has 1 aliphatic heterocycles. The number of primary amides is 1. The van der Waals surface area contributed by atoms with Crippen LogP contribution in [-0.2, 0) is 11.2 Å². The first kappa shape index (κ1) is 12.9. The molecule has 2 rings (SSSR count). The number of carbonyl (C=O) groups is 1. The third kappa shape index (κ3) is 3.01. The lowest BCUT2D eigenvalue weighted by molar-refractivity contribution is -0.123. The molecule has 1 heterocycles. The van der Waals surface area contributed by atoms with E-state index in [0.717, 1.165) is 31.6 Å². The second-order valence-corrected chi connectivity index (χ2v) is 4.77. The lowest BCUT2D eigenvalue weighted by atomic mass is 9.86. The molecule has 1 fully saturated rings. The fourth-order valence-electron chi connectivity index (χ4n) is 2.56. The molecule has 0 aromatic heterocycles. The molecular formula is C14H20N2O2. The number of amides is 1. The van der Waals surface area contributed by atoms with Gasteiger partial charge in [-0.25, -0.2) is 0 Å². The van der Waals surface area contributed by atoms with Crippen molar-refractivity contribution in [1.82, 2.24) is 5.32 Å². The van der Waals surface area contributed by atoms with Crippen LogP contribution in [0, 0.1) is 5.92 Å². The predicted octanol–water partition coefficient (Wildman–Crippen LogP) is 1.09. The van der Waals surface area contributed by atoms with Crippen LogP contribution in [0.3, 0.4) is 0 Å².